The standard InChI is InChI=1S/C20H18F3N5O2/c1-30-16-8-7-15(26-27-16)28-17(20(21,22)23)14(11-25-28)18(29)24-12-19(9-10-19)13-5-3-2-4-6-13/h2-8,11H,9-10,12H2,1H3,(H,24,29). The van der Waals surface area contributed by atoms with Crippen LogP contribution in [0, 0.1) is 0 Å². The molecule has 30 heavy (non-hydrogen) atoms. The summed E-state index contributed by atoms with van der Waals surface area (Å²) in [7, 11) is 1.36. The topological polar surface area (TPSA) is 81.9 Å². The number of hydrogen-bond donors (Lipinski definition) is 1. The lowest BCUT2D eigenvalue weighted by Crippen LogP contribution is -2.33. The minimum Gasteiger partial charge on any atom is -0.480 e. The highest BCUT2D eigenvalue weighted by atomic mass is 19.4. The van der Waals surface area contributed by atoms with Crippen molar-refractivity contribution in [3.8, 4) is 11.7 Å². The van der Waals surface area contributed by atoms with E-state index in [1.54, 1.807) is 0 Å². The van der Waals surface area contributed by atoms with E-state index < -0.39 is 23.3 Å². The Hall–Kier alpha value is -3.43. The fraction of sp³-hybridized carbons (Fsp3) is 0.300. The van der Waals surface area contributed by atoms with Gasteiger partial charge in [0.25, 0.3) is 5.91 Å². The predicted octanol–water partition coefficient (Wildman–Crippen LogP) is 3.15. The fourth-order valence-corrected chi connectivity index (χ4v) is 3.35. The highest BCUT2D eigenvalue weighted by molar-refractivity contribution is 5.95. The predicted molar refractivity (Wildman–Crippen MR) is 100 cm³/mol. The van der Waals surface area contributed by atoms with Crippen molar-refractivity contribution in [1.82, 2.24) is 25.3 Å². The molecule has 0 radical (unpaired) electrons. The molecule has 2 aromatic heterocycles. The second kappa shape index (κ2) is 7.43. The average Bonchev–Trinajstić information content (AvgIpc) is 3.40. The number of carbonyl (C=O) groups excluding carboxylic acids is 1. The molecular formula is C20H18F3N5O2. The van der Waals surface area contributed by atoms with Gasteiger partial charge in [-0.05, 0) is 24.5 Å². The van der Waals surface area contributed by atoms with Crippen molar-refractivity contribution in [1.29, 1.82) is 0 Å². The highest BCUT2D eigenvalue weighted by Crippen LogP contribution is 2.47. The van der Waals surface area contributed by atoms with Gasteiger partial charge in [0, 0.05) is 18.0 Å². The molecule has 0 atom stereocenters. The number of benzene rings is 1. The van der Waals surface area contributed by atoms with Gasteiger partial charge in [-0.3, -0.25) is 4.79 Å². The van der Waals surface area contributed by atoms with Gasteiger partial charge in [-0.2, -0.15) is 18.3 Å². The molecule has 0 bridgehead atoms. The van der Waals surface area contributed by atoms with Gasteiger partial charge in [0.15, 0.2) is 11.5 Å². The Balaban J connectivity index is 1.59. The lowest BCUT2D eigenvalue weighted by atomic mass is 9.96. The normalized spacial score (nSPS) is 14.9. The van der Waals surface area contributed by atoms with Crippen LogP contribution in [0.5, 0.6) is 5.88 Å². The van der Waals surface area contributed by atoms with E-state index in [-0.39, 0.29) is 23.7 Å². The molecular weight excluding hydrogens is 399 g/mol. The summed E-state index contributed by atoms with van der Waals surface area (Å²) in [6.07, 6.45) is -2.19. The van der Waals surface area contributed by atoms with Crippen molar-refractivity contribution in [3.63, 3.8) is 0 Å². The third kappa shape index (κ3) is 3.72. The first kappa shape index (κ1) is 19.9. The molecule has 0 saturated heterocycles. The van der Waals surface area contributed by atoms with Crippen molar-refractivity contribution in [2.24, 2.45) is 0 Å². The van der Waals surface area contributed by atoms with Crippen molar-refractivity contribution in [2.75, 3.05) is 13.7 Å². The van der Waals surface area contributed by atoms with Crippen molar-refractivity contribution >= 4 is 5.91 Å². The van der Waals surface area contributed by atoms with E-state index in [1.165, 1.54) is 19.2 Å². The molecule has 1 aliphatic rings. The monoisotopic (exact) mass is 417 g/mol. The molecule has 7 nitrogen and oxygen atoms in total. The Labute approximate surface area is 169 Å². The smallest absolute Gasteiger partial charge is 0.434 e. The van der Waals surface area contributed by atoms with Gasteiger partial charge in [-0.25, -0.2) is 4.68 Å². The fourth-order valence-electron chi connectivity index (χ4n) is 3.35. The van der Waals surface area contributed by atoms with Gasteiger partial charge in [0.1, 0.15) is 0 Å². The zero-order valence-corrected chi connectivity index (χ0v) is 16.0. The van der Waals surface area contributed by atoms with E-state index in [1.807, 2.05) is 30.3 Å². The number of nitrogens with one attached hydrogen (secondary N) is 1. The number of alkyl halides is 3. The first-order valence-electron chi connectivity index (χ1n) is 9.21. The van der Waals surface area contributed by atoms with Gasteiger partial charge >= 0.3 is 6.18 Å². The zero-order valence-electron chi connectivity index (χ0n) is 16.0. The summed E-state index contributed by atoms with van der Waals surface area (Å²) in [5.41, 5.74) is -0.939. The molecule has 1 N–H and O–H groups in total. The Kier molecular flexibility index (Phi) is 4.92. The summed E-state index contributed by atoms with van der Waals surface area (Å²) in [4.78, 5) is 12.6. The number of aromatic nitrogens is 4. The quantitative estimate of drug-likeness (QED) is 0.666. The summed E-state index contributed by atoms with van der Waals surface area (Å²) in [5, 5.41) is 13.7. The third-order valence-electron chi connectivity index (χ3n) is 5.16. The number of carbonyl (C=O) groups is 1. The van der Waals surface area contributed by atoms with Crippen LogP contribution >= 0.6 is 0 Å². The SMILES string of the molecule is COc1ccc(-n2ncc(C(=O)NCC3(c4ccccc4)CC3)c2C(F)(F)F)nn1. The van der Waals surface area contributed by atoms with Gasteiger partial charge in [0.05, 0.1) is 18.9 Å². The molecule has 1 fully saturated rings. The first-order valence-corrected chi connectivity index (χ1v) is 9.21. The van der Waals surface area contributed by atoms with Gasteiger partial charge in [-0.15, -0.1) is 10.2 Å². The van der Waals surface area contributed by atoms with E-state index >= 15 is 0 Å². The molecule has 3 aromatic rings. The third-order valence-corrected chi connectivity index (χ3v) is 5.16. The second-order valence-electron chi connectivity index (χ2n) is 7.08. The number of hydrogen-bond acceptors (Lipinski definition) is 5. The summed E-state index contributed by atoms with van der Waals surface area (Å²) < 4.78 is 46.7. The molecule has 1 aromatic carbocycles. The Morgan fingerprint density at radius 2 is 1.90 bits per heavy atom. The van der Waals surface area contributed by atoms with Gasteiger partial charge in [-0.1, -0.05) is 30.3 Å². The lowest BCUT2D eigenvalue weighted by molar-refractivity contribution is -0.143. The van der Waals surface area contributed by atoms with E-state index in [4.69, 9.17) is 4.74 Å². The van der Waals surface area contributed by atoms with Gasteiger partial charge < -0.3 is 10.1 Å². The van der Waals surface area contributed by atoms with E-state index in [0.29, 0.717) is 4.68 Å². The Morgan fingerprint density at radius 1 is 1.17 bits per heavy atom. The summed E-state index contributed by atoms with van der Waals surface area (Å²) in [5.74, 6) is -0.865. The maximum Gasteiger partial charge on any atom is 0.434 e. The molecule has 4 rings (SSSR count). The van der Waals surface area contributed by atoms with Crippen LogP contribution in [0.2, 0.25) is 0 Å². The second-order valence-corrected chi connectivity index (χ2v) is 7.08. The minimum absolute atomic E-state index is 0.146. The summed E-state index contributed by atoms with van der Waals surface area (Å²) in [6.45, 7) is 0.251. The van der Waals surface area contributed by atoms with Crippen LogP contribution in [-0.4, -0.2) is 39.5 Å². The summed E-state index contributed by atoms with van der Waals surface area (Å²) >= 11 is 0. The Bertz CT molecular complexity index is 1040. The highest BCUT2D eigenvalue weighted by Gasteiger charge is 2.45. The van der Waals surface area contributed by atoms with Gasteiger partial charge in [0.2, 0.25) is 5.88 Å². The van der Waals surface area contributed by atoms with Crippen molar-refractivity contribution < 1.29 is 22.7 Å². The number of methoxy groups -OCH3 is 1. The molecule has 1 aliphatic carbocycles. The van der Waals surface area contributed by atoms with Crippen LogP contribution in [-0.2, 0) is 11.6 Å². The van der Waals surface area contributed by atoms with E-state index in [2.05, 4.69) is 20.6 Å². The minimum atomic E-state index is -4.82. The van der Waals surface area contributed by atoms with Crippen LogP contribution in [0.3, 0.4) is 0 Å². The van der Waals surface area contributed by atoms with Crippen LogP contribution in [0.25, 0.3) is 5.82 Å². The Morgan fingerprint density at radius 3 is 2.47 bits per heavy atom. The van der Waals surface area contributed by atoms with Crippen molar-refractivity contribution in [2.45, 2.75) is 24.4 Å². The molecule has 2 heterocycles. The van der Waals surface area contributed by atoms with Crippen LogP contribution in [0.4, 0.5) is 13.2 Å². The molecule has 1 amide bonds. The maximum atomic E-state index is 13.8. The number of amides is 1. The van der Waals surface area contributed by atoms with Crippen LogP contribution < -0.4 is 10.1 Å². The molecule has 1 saturated carbocycles. The zero-order chi connectivity index (χ0) is 21.4. The number of ether oxygens (including phenoxy) is 1. The van der Waals surface area contributed by atoms with Crippen molar-refractivity contribution in [3.05, 3.63) is 65.5 Å². The van der Waals surface area contributed by atoms with E-state index in [0.717, 1.165) is 24.6 Å². The van der Waals surface area contributed by atoms with Crippen LogP contribution in [0.15, 0.2) is 48.7 Å². The van der Waals surface area contributed by atoms with E-state index in [9.17, 15) is 18.0 Å². The molecule has 0 spiro atoms. The number of halogens is 3. The summed E-state index contributed by atoms with van der Waals surface area (Å²) in [6, 6.07) is 12.3. The largest absolute Gasteiger partial charge is 0.480 e. The van der Waals surface area contributed by atoms with Crippen LogP contribution in [0.1, 0.15) is 34.5 Å². The lowest BCUT2D eigenvalue weighted by Gasteiger charge is -2.17. The maximum absolute atomic E-state index is 13.8. The molecule has 0 unspecified atom stereocenters. The number of nitrogens with zero attached hydrogens (tertiary/aromatic N) is 4. The molecule has 156 valence electrons. The first-order chi connectivity index (χ1) is 14.3. The molecule has 0 aliphatic heterocycles. The average molecular weight is 417 g/mol. The molecule has 10 heteroatoms. The number of rotatable bonds is 6.